The maximum absolute atomic E-state index is 12.7. The minimum Gasteiger partial charge on any atom is -0.301 e. The topological polar surface area (TPSA) is 92.3 Å². The Balaban J connectivity index is 1.31. The highest BCUT2D eigenvalue weighted by Gasteiger charge is 2.26. The largest absolute Gasteiger partial charge is 0.301 e. The Morgan fingerprint density at radius 2 is 1.87 bits per heavy atom. The summed E-state index contributed by atoms with van der Waals surface area (Å²) >= 11 is 2.62. The number of carbonyl (C=O) groups is 1. The summed E-state index contributed by atoms with van der Waals surface area (Å²) < 4.78 is 26.9. The van der Waals surface area contributed by atoms with E-state index in [1.54, 1.807) is 12.1 Å². The predicted octanol–water partition coefficient (Wildman–Crippen LogP) is 4.11. The number of benzene rings is 1. The number of nitrogens with zero attached hydrogens (tertiary/aromatic N) is 3. The second kappa shape index (κ2) is 9.90. The number of rotatable bonds is 7. The SMILES string of the molecule is O=C(CSc1ccc(S(=O)(=O)N2CCCCC2)cn1)Nc1nc(-c2ccccc2)cs1. The van der Waals surface area contributed by atoms with E-state index in [-0.39, 0.29) is 16.6 Å². The highest BCUT2D eigenvalue weighted by Crippen LogP contribution is 2.25. The van der Waals surface area contributed by atoms with Gasteiger partial charge < -0.3 is 5.32 Å². The zero-order chi connectivity index (χ0) is 21.7. The Kier molecular flexibility index (Phi) is 7.01. The second-order valence-electron chi connectivity index (χ2n) is 7.04. The Hall–Kier alpha value is -2.27. The molecule has 1 aliphatic rings. The van der Waals surface area contributed by atoms with E-state index in [4.69, 9.17) is 0 Å². The Morgan fingerprint density at radius 3 is 2.58 bits per heavy atom. The van der Waals surface area contributed by atoms with Gasteiger partial charge in [0.25, 0.3) is 0 Å². The number of thiazole rings is 1. The fourth-order valence-corrected chi connectivity index (χ4v) is 6.07. The lowest BCUT2D eigenvalue weighted by Gasteiger charge is -2.25. The molecule has 0 saturated carbocycles. The number of nitrogens with one attached hydrogen (secondary N) is 1. The van der Waals surface area contributed by atoms with Crippen LogP contribution in [0.2, 0.25) is 0 Å². The van der Waals surface area contributed by atoms with E-state index in [0.717, 1.165) is 30.5 Å². The van der Waals surface area contributed by atoms with Gasteiger partial charge in [-0.15, -0.1) is 11.3 Å². The van der Waals surface area contributed by atoms with E-state index in [9.17, 15) is 13.2 Å². The lowest BCUT2D eigenvalue weighted by atomic mass is 10.2. The summed E-state index contributed by atoms with van der Waals surface area (Å²) in [5, 5.41) is 5.84. The summed E-state index contributed by atoms with van der Waals surface area (Å²) in [5.74, 6) is -0.0309. The molecule has 1 fully saturated rings. The molecule has 162 valence electrons. The van der Waals surface area contributed by atoms with E-state index in [2.05, 4.69) is 15.3 Å². The van der Waals surface area contributed by atoms with Crippen LogP contribution < -0.4 is 5.32 Å². The van der Waals surface area contributed by atoms with E-state index in [1.807, 2.05) is 35.7 Å². The standard InChI is InChI=1S/C21H22N4O3S3/c26-19(24-21-23-18(14-30-21)16-7-3-1-4-8-16)15-29-20-10-9-17(13-22-20)31(27,28)25-11-5-2-6-12-25/h1,3-4,7-10,13-14H,2,5-6,11-12,15H2,(H,23,24,26). The van der Waals surface area contributed by atoms with Gasteiger partial charge in [0.15, 0.2) is 5.13 Å². The maximum Gasteiger partial charge on any atom is 0.244 e. The van der Waals surface area contributed by atoms with Gasteiger partial charge in [0.05, 0.1) is 16.5 Å². The molecule has 3 aromatic rings. The van der Waals surface area contributed by atoms with Crippen molar-refractivity contribution in [3.05, 3.63) is 54.0 Å². The first-order chi connectivity index (χ1) is 15.0. The average Bonchev–Trinajstić information content (AvgIpc) is 3.27. The molecule has 1 N–H and O–H groups in total. The summed E-state index contributed by atoms with van der Waals surface area (Å²) in [5.41, 5.74) is 1.82. The number of pyridine rings is 1. The van der Waals surface area contributed by atoms with Crippen molar-refractivity contribution in [2.45, 2.75) is 29.2 Å². The third-order valence-electron chi connectivity index (χ3n) is 4.83. The molecule has 0 spiro atoms. The molecule has 7 nitrogen and oxygen atoms in total. The summed E-state index contributed by atoms with van der Waals surface area (Å²) in [6.45, 7) is 1.11. The van der Waals surface area contributed by atoms with Crippen molar-refractivity contribution in [2.75, 3.05) is 24.2 Å². The zero-order valence-corrected chi connectivity index (χ0v) is 19.2. The minimum absolute atomic E-state index is 0.158. The molecule has 0 atom stereocenters. The van der Waals surface area contributed by atoms with Crippen LogP contribution in [0.3, 0.4) is 0 Å². The van der Waals surface area contributed by atoms with Gasteiger partial charge >= 0.3 is 0 Å². The molecule has 0 radical (unpaired) electrons. The van der Waals surface area contributed by atoms with Gasteiger partial charge in [0.2, 0.25) is 15.9 Å². The summed E-state index contributed by atoms with van der Waals surface area (Å²) in [6, 6.07) is 13.0. The summed E-state index contributed by atoms with van der Waals surface area (Å²) in [4.78, 5) is 21.1. The van der Waals surface area contributed by atoms with Crippen LogP contribution in [0.15, 0.2) is 64.0 Å². The molecule has 3 heterocycles. The lowest BCUT2D eigenvalue weighted by Crippen LogP contribution is -2.35. The normalized spacial score (nSPS) is 15.0. The van der Waals surface area contributed by atoms with Crippen molar-refractivity contribution >= 4 is 44.2 Å². The molecule has 1 aromatic carbocycles. The van der Waals surface area contributed by atoms with Crippen LogP contribution >= 0.6 is 23.1 Å². The predicted molar refractivity (Wildman–Crippen MR) is 124 cm³/mol. The number of anilines is 1. The van der Waals surface area contributed by atoms with Gasteiger partial charge in [0.1, 0.15) is 4.90 Å². The van der Waals surface area contributed by atoms with Gasteiger partial charge in [-0.25, -0.2) is 18.4 Å². The Bertz CT molecular complexity index is 1130. The highest BCUT2D eigenvalue weighted by molar-refractivity contribution is 7.99. The molecule has 4 rings (SSSR count). The van der Waals surface area contributed by atoms with E-state index in [0.29, 0.717) is 23.2 Å². The van der Waals surface area contributed by atoms with E-state index in [1.165, 1.54) is 33.6 Å². The van der Waals surface area contributed by atoms with Crippen molar-refractivity contribution in [3.8, 4) is 11.3 Å². The molecular formula is C21H22N4O3S3. The molecule has 1 saturated heterocycles. The van der Waals surface area contributed by atoms with Crippen molar-refractivity contribution in [2.24, 2.45) is 0 Å². The van der Waals surface area contributed by atoms with Crippen LogP contribution in [-0.2, 0) is 14.8 Å². The van der Waals surface area contributed by atoms with E-state index >= 15 is 0 Å². The zero-order valence-electron chi connectivity index (χ0n) is 16.7. The number of carbonyl (C=O) groups excluding carboxylic acids is 1. The third-order valence-corrected chi connectivity index (χ3v) is 8.42. The minimum atomic E-state index is -3.50. The number of hydrogen-bond donors (Lipinski definition) is 1. The smallest absolute Gasteiger partial charge is 0.244 e. The Morgan fingerprint density at radius 1 is 1.10 bits per heavy atom. The molecular weight excluding hydrogens is 452 g/mol. The molecule has 0 unspecified atom stereocenters. The highest BCUT2D eigenvalue weighted by atomic mass is 32.2. The van der Waals surface area contributed by atoms with Gasteiger partial charge in [-0.05, 0) is 25.0 Å². The van der Waals surface area contributed by atoms with Crippen LogP contribution in [0.25, 0.3) is 11.3 Å². The van der Waals surface area contributed by atoms with Crippen LogP contribution in [-0.4, -0.2) is 47.4 Å². The summed E-state index contributed by atoms with van der Waals surface area (Å²) in [6.07, 6.45) is 4.22. The van der Waals surface area contributed by atoms with Crippen LogP contribution in [0, 0.1) is 0 Å². The van der Waals surface area contributed by atoms with Gasteiger partial charge in [-0.3, -0.25) is 4.79 Å². The first-order valence-corrected chi connectivity index (χ1v) is 13.2. The number of sulfonamides is 1. The number of hydrogen-bond acceptors (Lipinski definition) is 7. The molecule has 2 aromatic heterocycles. The third kappa shape index (κ3) is 5.51. The van der Waals surface area contributed by atoms with Gasteiger partial charge in [-0.2, -0.15) is 4.31 Å². The van der Waals surface area contributed by atoms with Crippen LogP contribution in [0.4, 0.5) is 5.13 Å². The molecule has 1 amide bonds. The first kappa shape index (κ1) is 21.9. The second-order valence-corrected chi connectivity index (χ2v) is 10.8. The fraction of sp³-hybridized carbons (Fsp3) is 0.286. The molecule has 31 heavy (non-hydrogen) atoms. The van der Waals surface area contributed by atoms with Crippen molar-refractivity contribution in [3.63, 3.8) is 0 Å². The molecule has 0 aliphatic carbocycles. The number of aromatic nitrogens is 2. The van der Waals surface area contributed by atoms with Crippen LogP contribution in [0.5, 0.6) is 0 Å². The van der Waals surface area contributed by atoms with E-state index < -0.39 is 10.0 Å². The fourth-order valence-electron chi connectivity index (χ4n) is 3.23. The Labute approximate surface area is 190 Å². The number of piperidine rings is 1. The lowest BCUT2D eigenvalue weighted by molar-refractivity contribution is -0.113. The molecule has 1 aliphatic heterocycles. The number of amides is 1. The first-order valence-electron chi connectivity index (χ1n) is 9.92. The number of thioether (sulfide) groups is 1. The van der Waals surface area contributed by atoms with Crippen molar-refractivity contribution in [1.29, 1.82) is 0 Å². The average molecular weight is 475 g/mol. The van der Waals surface area contributed by atoms with Crippen molar-refractivity contribution in [1.82, 2.24) is 14.3 Å². The summed E-state index contributed by atoms with van der Waals surface area (Å²) in [7, 11) is -3.50. The van der Waals surface area contributed by atoms with Crippen molar-refractivity contribution < 1.29 is 13.2 Å². The van der Waals surface area contributed by atoms with Gasteiger partial charge in [-0.1, -0.05) is 48.5 Å². The van der Waals surface area contributed by atoms with Gasteiger partial charge in [0, 0.05) is 30.2 Å². The van der Waals surface area contributed by atoms with Crippen LogP contribution in [0.1, 0.15) is 19.3 Å². The molecule has 10 heteroatoms. The molecule has 0 bridgehead atoms. The quantitative estimate of drug-likeness (QED) is 0.518. The monoisotopic (exact) mass is 474 g/mol. The maximum atomic E-state index is 12.7.